The van der Waals surface area contributed by atoms with Crippen molar-refractivity contribution in [3.05, 3.63) is 94.8 Å². The van der Waals surface area contributed by atoms with E-state index in [1.165, 1.54) is 0 Å². The Morgan fingerprint density at radius 2 is 1.42 bits per heavy atom. The highest BCUT2D eigenvalue weighted by Crippen LogP contribution is 2.19. The van der Waals surface area contributed by atoms with Gasteiger partial charge in [0.2, 0.25) is 0 Å². The van der Waals surface area contributed by atoms with E-state index in [9.17, 15) is 9.59 Å². The minimum absolute atomic E-state index is 0.136. The summed E-state index contributed by atoms with van der Waals surface area (Å²) in [7, 11) is 0. The first-order valence-corrected chi connectivity index (χ1v) is 11.2. The number of nitrogens with one attached hydrogen (secondary N) is 2. The Labute approximate surface area is 199 Å². The first-order valence-electron chi connectivity index (χ1n) is 10.8. The summed E-state index contributed by atoms with van der Waals surface area (Å²) in [5.74, 6) is 0.298. The van der Waals surface area contributed by atoms with Gasteiger partial charge in [0.15, 0.2) is 5.60 Å². The highest BCUT2D eigenvalue weighted by Gasteiger charge is 2.29. The highest BCUT2D eigenvalue weighted by molar-refractivity contribution is 6.30. The van der Waals surface area contributed by atoms with E-state index >= 15 is 0 Å². The van der Waals surface area contributed by atoms with Gasteiger partial charge in [-0.25, -0.2) is 0 Å². The molecule has 2 amide bonds. The van der Waals surface area contributed by atoms with Crippen molar-refractivity contribution in [3.63, 3.8) is 0 Å². The number of hydrogen-bond donors (Lipinski definition) is 2. The van der Waals surface area contributed by atoms with Crippen LogP contribution in [0, 0.1) is 0 Å². The number of hydrogen-bond acceptors (Lipinski definition) is 4. The zero-order valence-corrected chi connectivity index (χ0v) is 19.6. The molecule has 0 saturated heterocycles. The average Bonchev–Trinajstić information content (AvgIpc) is 2.81. The molecule has 0 spiro atoms. The largest absolute Gasteiger partial charge is 0.478 e. The van der Waals surface area contributed by atoms with Gasteiger partial charge in [-0.15, -0.1) is 0 Å². The van der Waals surface area contributed by atoms with Crippen LogP contribution >= 0.6 is 11.6 Å². The standard InChI is InChI=1S/C26H28ClN3O3/c1-26(2,25(32)30-18-14-20-11-15-28-16-12-20)33-23-9-3-19(4-10-23)13-17-29-24(31)21-5-7-22(27)8-6-21/h3-12,15-16H,13-14,17-18H2,1-2H3,(H,29,31)(H,30,32). The van der Waals surface area contributed by atoms with Gasteiger partial charge in [0.05, 0.1) is 0 Å². The van der Waals surface area contributed by atoms with Crippen LogP contribution in [-0.4, -0.2) is 35.5 Å². The van der Waals surface area contributed by atoms with Crippen LogP contribution in [0.15, 0.2) is 73.1 Å². The van der Waals surface area contributed by atoms with Gasteiger partial charge < -0.3 is 15.4 Å². The monoisotopic (exact) mass is 465 g/mol. The number of aromatic nitrogens is 1. The summed E-state index contributed by atoms with van der Waals surface area (Å²) in [6, 6.07) is 18.2. The number of carbonyl (C=O) groups is 2. The summed E-state index contributed by atoms with van der Waals surface area (Å²) in [6.45, 7) is 4.52. The van der Waals surface area contributed by atoms with Gasteiger partial charge in [-0.2, -0.15) is 0 Å². The maximum absolute atomic E-state index is 12.6. The Kier molecular flexibility index (Phi) is 8.44. The molecule has 0 bridgehead atoms. The van der Waals surface area contributed by atoms with Crippen molar-refractivity contribution in [2.24, 2.45) is 0 Å². The molecule has 33 heavy (non-hydrogen) atoms. The number of benzene rings is 2. The number of pyridine rings is 1. The Hall–Kier alpha value is -3.38. The number of carbonyl (C=O) groups excluding carboxylic acids is 2. The molecule has 1 heterocycles. The Bertz CT molecular complexity index is 1050. The van der Waals surface area contributed by atoms with E-state index in [1.807, 2.05) is 36.4 Å². The second-order valence-electron chi connectivity index (χ2n) is 8.13. The van der Waals surface area contributed by atoms with E-state index in [1.54, 1.807) is 50.5 Å². The molecule has 0 aliphatic carbocycles. The molecule has 0 saturated carbocycles. The minimum Gasteiger partial charge on any atom is -0.478 e. The topological polar surface area (TPSA) is 80.3 Å². The zero-order valence-electron chi connectivity index (χ0n) is 18.8. The van der Waals surface area contributed by atoms with Crippen LogP contribution in [0.5, 0.6) is 5.75 Å². The highest BCUT2D eigenvalue weighted by atomic mass is 35.5. The fourth-order valence-corrected chi connectivity index (χ4v) is 3.30. The minimum atomic E-state index is -1.01. The number of amides is 2. The third-order valence-electron chi connectivity index (χ3n) is 5.10. The molecule has 0 aliphatic heterocycles. The summed E-state index contributed by atoms with van der Waals surface area (Å²) in [4.78, 5) is 28.7. The molecule has 6 nitrogen and oxygen atoms in total. The molecule has 0 unspecified atom stereocenters. The molecule has 172 valence electrons. The summed E-state index contributed by atoms with van der Waals surface area (Å²) in [5, 5.41) is 6.42. The maximum atomic E-state index is 12.6. The third-order valence-corrected chi connectivity index (χ3v) is 5.35. The molecule has 0 aliphatic rings. The van der Waals surface area contributed by atoms with Crippen LogP contribution in [0.4, 0.5) is 0 Å². The molecule has 2 N–H and O–H groups in total. The second kappa shape index (κ2) is 11.5. The zero-order chi connectivity index (χ0) is 23.7. The van der Waals surface area contributed by atoms with Crippen LogP contribution in [0.3, 0.4) is 0 Å². The molecule has 3 rings (SSSR count). The molecule has 7 heteroatoms. The number of halogens is 1. The predicted octanol–water partition coefficient (Wildman–Crippen LogP) is 4.22. The molecule has 1 aromatic heterocycles. The molecule has 0 fully saturated rings. The van der Waals surface area contributed by atoms with E-state index in [4.69, 9.17) is 16.3 Å². The summed E-state index contributed by atoms with van der Waals surface area (Å²) < 4.78 is 5.93. The van der Waals surface area contributed by atoms with E-state index in [0.29, 0.717) is 35.8 Å². The van der Waals surface area contributed by atoms with E-state index < -0.39 is 5.60 Å². The molecule has 3 aromatic rings. The molecule has 2 aromatic carbocycles. The number of ether oxygens (including phenoxy) is 1. The van der Waals surface area contributed by atoms with Crippen molar-refractivity contribution >= 4 is 23.4 Å². The van der Waals surface area contributed by atoms with Crippen molar-refractivity contribution in [1.82, 2.24) is 15.6 Å². The SMILES string of the molecule is CC(C)(Oc1ccc(CCNC(=O)c2ccc(Cl)cc2)cc1)C(=O)NCCc1ccncc1. The van der Waals surface area contributed by atoms with Crippen LogP contribution in [-0.2, 0) is 17.6 Å². The van der Waals surface area contributed by atoms with Gasteiger partial charge in [-0.3, -0.25) is 14.6 Å². The van der Waals surface area contributed by atoms with Crippen molar-refractivity contribution in [2.45, 2.75) is 32.3 Å². The van der Waals surface area contributed by atoms with Gasteiger partial charge in [0.1, 0.15) is 5.75 Å². The molecule has 0 atom stereocenters. The average molecular weight is 466 g/mol. The van der Waals surface area contributed by atoms with Gasteiger partial charge in [0, 0.05) is 36.1 Å². The molecular formula is C26H28ClN3O3. The van der Waals surface area contributed by atoms with E-state index in [2.05, 4.69) is 15.6 Å². The number of rotatable bonds is 10. The Balaban J connectivity index is 1.43. The first kappa shape index (κ1) is 24.3. The van der Waals surface area contributed by atoms with Crippen LogP contribution < -0.4 is 15.4 Å². The lowest BCUT2D eigenvalue weighted by atomic mass is 10.1. The summed E-state index contributed by atoms with van der Waals surface area (Å²) >= 11 is 5.85. The lowest BCUT2D eigenvalue weighted by molar-refractivity contribution is -0.134. The van der Waals surface area contributed by atoms with Gasteiger partial charge >= 0.3 is 0 Å². The van der Waals surface area contributed by atoms with Crippen molar-refractivity contribution in [2.75, 3.05) is 13.1 Å². The fraction of sp³-hybridized carbons (Fsp3) is 0.269. The predicted molar refractivity (Wildman–Crippen MR) is 130 cm³/mol. The lowest BCUT2D eigenvalue weighted by Gasteiger charge is -2.25. The molecular weight excluding hydrogens is 438 g/mol. The van der Waals surface area contributed by atoms with Gasteiger partial charge in [0.25, 0.3) is 11.8 Å². The van der Waals surface area contributed by atoms with Crippen LogP contribution in [0.25, 0.3) is 0 Å². The quantitative estimate of drug-likeness (QED) is 0.469. The third kappa shape index (κ3) is 7.61. The maximum Gasteiger partial charge on any atom is 0.263 e. The molecule has 0 radical (unpaired) electrons. The summed E-state index contributed by atoms with van der Waals surface area (Å²) in [5.41, 5.74) is 1.73. The van der Waals surface area contributed by atoms with E-state index in [-0.39, 0.29) is 11.8 Å². The van der Waals surface area contributed by atoms with Crippen LogP contribution in [0.2, 0.25) is 5.02 Å². The van der Waals surface area contributed by atoms with Gasteiger partial charge in [-0.1, -0.05) is 23.7 Å². The fourth-order valence-electron chi connectivity index (χ4n) is 3.17. The van der Waals surface area contributed by atoms with Crippen LogP contribution in [0.1, 0.15) is 35.3 Å². The smallest absolute Gasteiger partial charge is 0.263 e. The summed E-state index contributed by atoms with van der Waals surface area (Å²) in [6.07, 6.45) is 4.88. The first-order chi connectivity index (χ1) is 15.8. The van der Waals surface area contributed by atoms with Crippen molar-refractivity contribution < 1.29 is 14.3 Å². The Morgan fingerprint density at radius 3 is 2.06 bits per heavy atom. The van der Waals surface area contributed by atoms with E-state index in [0.717, 1.165) is 17.5 Å². The second-order valence-corrected chi connectivity index (χ2v) is 8.57. The normalized spacial score (nSPS) is 11.0. The number of nitrogens with zero attached hydrogens (tertiary/aromatic N) is 1. The van der Waals surface area contributed by atoms with Gasteiger partial charge in [-0.05, 0) is 86.3 Å². The Morgan fingerprint density at radius 1 is 0.848 bits per heavy atom. The lowest BCUT2D eigenvalue weighted by Crippen LogP contribution is -2.47. The van der Waals surface area contributed by atoms with Crippen molar-refractivity contribution in [3.8, 4) is 5.75 Å². The van der Waals surface area contributed by atoms with Crippen molar-refractivity contribution in [1.29, 1.82) is 0 Å².